The molecule has 15 heavy (non-hydrogen) atoms. The van der Waals surface area contributed by atoms with Gasteiger partial charge in [-0.2, -0.15) is 5.10 Å². The number of hydrogen-bond acceptors (Lipinski definition) is 3. The predicted octanol–water partition coefficient (Wildman–Crippen LogP) is 2.93. The quantitative estimate of drug-likeness (QED) is 0.846. The number of aromatic nitrogens is 3. The van der Waals surface area contributed by atoms with E-state index in [-0.39, 0.29) is 4.77 Å². The largest absolute Gasteiger partial charge is 0.294 e. The molecule has 0 fully saturated rings. The molecule has 80 valence electrons. The van der Waals surface area contributed by atoms with Crippen LogP contribution in [0.2, 0.25) is 0 Å². The SMILES string of the molecule is FC(F)Cn1c(-c2cccs2)n[nH]c1=S. The van der Waals surface area contributed by atoms with Crippen LogP contribution in [-0.2, 0) is 6.54 Å². The summed E-state index contributed by atoms with van der Waals surface area (Å²) in [5.41, 5.74) is 0. The summed E-state index contributed by atoms with van der Waals surface area (Å²) in [6, 6.07) is 3.65. The minimum Gasteiger partial charge on any atom is -0.294 e. The Kier molecular flexibility index (Phi) is 2.92. The number of rotatable bonds is 3. The van der Waals surface area contributed by atoms with Gasteiger partial charge in [-0.3, -0.25) is 9.67 Å². The van der Waals surface area contributed by atoms with Crippen molar-refractivity contribution < 1.29 is 8.78 Å². The highest BCUT2D eigenvalue weighted by molar-refractivity contribution is 7.71. The van der Waals surface area contributed by atoms with Crippen molar-refractivity contribution in [2.75, 3.05) is 0 Å². The van der Waals surface area contributed by atoms with Crippen LogP contribution in [0.4, 0.5) is 8.78 Å². The third-order valence-electron chi connectivity index (χ3n) is 1.82. The van der Waals surface area contributed by atoms with E-state index in [1.165, 1.54) is 15.9 Å². The molecule has 2 aromatic heterocycles. The number of alkyl halides is 2. The van der Waals surface area contributed by atoms with Crippen molar-refractivity contribution in [2.24, 2.45) is 0 Å². The molecule has 0 saturated carbocycles. The second kappa shape index (κ2) is 4.19. The Labute approximate surface area is 93.4 Å². The lowest BCUT2D eigenvalue weighted by Gasteiger charge is -2.03. The van der Waals surface area contributed by atoms with Crippen molar-refractivity contribution in [3.63, 3.8) is 0 Å². The van der Waals surface area contributed by atoms with Gasteiger partial charge in [0.1, 0.15) is 0 Å². The van der Waals surface area contributed by atoms with Gasteiger partial charge in [0.05, 0.1) is 11.4 Å². The average Bonchev–Trinajstić information content (AvgIpc) is 2.76. The molecule has 2 heterocycles. The molecule has 0 aliphatic rings. The van der Waals surface area contributed by atoms with Crippen molar-refractivity contribution in [1.82, 2.24) is 14.8 Å². The van der Waals surface area contributed by atoms with Crippen LogP contribution >= 0.6 is 23.6 Å². The summed E-state index contributed by atoms with van der Waals surface area (Å²) in [6.07, 6.45) is -2.44. The molecule has 0 aliphatic heterocycles. The summed E-state index contributed by atoms with van der Waals surface area (Å²) in [7, 11) is 0. The van der Waals surface area contributed by atoms with Crippen molar-refractivity contribution in [1.29, 1.82) is 0 Å². The van der Waals surface area contributed by atoms with Gasteiger partial charge in [0.15, 0.2) is 10.6 Å². The van der Waals surface area contributed by atoms with Crippen LogP contribution in [0.15, 0.2) is 17.5 Å². The molecular formula is C8H7F2N3S2. The van der Waals surface area contributed by atoms with Gasteiger partial charge in [-0.15, -0.1) is 11.3 Å². The Balaban J connectivity index is 2.45. The van der Waals surface area contributed by atoms with Crippen LogP contribution in [-0.4, -0.2) is 21.2 Å². The molecule has 0 spiro atoms. The maximum absolute atomic E-state index is 12.3. The lowest BCUT2D eigenvalue weighted by molar-refractivity contribution is 0.126. The first-order valence-electron chi connectivity index (χ1n) is 4.15. The van der Waals surface area contributed by atoms with Crippen molar-refractivity contribution >= 4 is 23.6 Å². The predicted molar refractivity (Wildman–Crippen MR) is 56.7 cm³/mol. The number of nitrogens with zero attached hydrogens (tertiary/aromatic N) is 2. The summed E-state index contributed by atoms with van der Waals surface area (Å²) in [6.45, 7) is -0.428. The van der Waals surface area contributed by atoms with Crippen LogP contribution in [0, 0.1) is 4.77 Å². The molecule has 0 atom stereocenters. The number of hydrogen-bond donors (Lipinski definition) is 1. The van der Waals surface area contributed by atoms with Gasteiger partial charge >= 0.3 is 0 Å². The van der Waals surface area contributed by atoms with Gasteiger partial charge in [0, 0.05) is 0 Å². The van der Waals surface area contributed by atoms with Crippen molar-refractivity contribution in [3.05, 3.63) is 22.3 Å². The lowest BCUT2D eigenvalue weighted by Crippen LogP contribution is -2.07. The van der Waals surface area contributed by atoms with Gasteiger partial charge in [0.25, 0.3) is 6.43 Å². The van der Waals surface area contributed by atoms with E-state index in [1.807, 2.05) is 17.5 Å². The first kappa shape index (κ1) is 10.4. The van der Waals surface area contributed by atoms with E-state index in [0.29, 0.717) is 5.82 Å². The van der Waals surface area contributed by atoms with Gasteiger partial charge in [0.2, 0.25) is 0 Å². The maximum Gasteiger partial charge on any atom is 0.256 e. The topological polar surface area (TPSA) is 33.6 Å². The average molecular weight is 247 g/mol. The summed E-state index contributed by atoms with van der Waals surface area (Å²) >= 11 is 6.32. The van der Waals surface area contributed by atoms with E-state index in [4.69, 9.17) is 12.2 Å². The molecule has 0 radical (unpaired) electrons. The minimum atomic E-state index is -2.44. The fraction of sp³-hybridized carbons (Fsp3) is 0.250. The number of H-pyrrole nitrogens is 1. The molecule has 7 heteroatoms. The van der Waals surface area contributed by atoms with Crippen LogP contribution < -0.4 is 0 Å². The van der Waals surface area contributed by atoms with E-state index < -0.39 is 13.0 Å². The maximum atomic E-state index is 12.3. The summed E-state index contributed by atoms with van der Waals surface area (Å²) in [5.74, 6) is 0.468. The fourth-order valence-corrected chi connectivity index (χ4v) is 2.15. The van der Waals surface area contributed by atoms with Gasteiger partial charge in [-0.25, -0.2) is 8.78 Å². The molecule has 2 aromatic rings. The second-order valence-electron chi connectivity index (χ2n) is 2.83. The molecule has 0 bridgehead atoms. The van der Waals surface area contributed by atoms with Gasteiger partial charge in [-0.1, -0.05) is 6.07 Å². The Morgan fingerprint density at radius 1 is 1.60 bits per heavy atom. The molecule has 2 rings (SSSR count). The van der Waals surface area contributed by atoms with Crippen LogP contribution in [0.25, 0.3) is 10.7 Å². The Hall–Kier alpha value is -1.08. The van der Waals surface area contributed by atoms with Crippen LogP contribution in [0.1, 0.15) is 0 Å². The molecule has 0 unspecified atom stereocenters. The summed E-state index contributed by atoms with van der Waals surface area (Å²) in [4.78, 5) is 0.822. The van der Waals surface area contributed by atoms with E-state index in [2.05, 4.69) is 10.2 Å². The first-order valence-corrected chi connectivity index (χ1v) is 5.44. The summed E-state index contributed by atoms with van der Waals surface area (Å²) in [5, 5.41) is 8.32. The number of thiophene rings is 1. The molecule has 0 saturated heterocycles. The second-order valence-corrected chi connectivity index (χ2v) is 4.17. The molecule has 0 aliphatic carbocycles. The van der Waals surface area contributed by atoms with Gasteiger partial charge < -0.3 is 0 Å². The number of halogens is 2. The number of aromatic amines is 1. The highest BCUT2D eigenvalue weighted by atomic mass is 32.1. The standard InChI is InChI=1S/C8H7F2N3S2/c9-6(10)4-13-7(11-12-8(13)14)5-2-1-3-15-5/h1-3,6H,4H2,(H,12,14). The molecule has 3 nitrogen and oxygen atoms in total. The third kappa shape index (κ3) is 2.13. The van der Waals surface area contributed by atoms with Crippen LogP contribution in [0.3, 0.4) is 0 Å². The van der Waals surface area contributed by atoms with E-state index in [0.717, 1.165) is 4.88 Å². The normalized spacial score (nSPS) is 11.1. The molecule has 1 N–H and O–H groups in total. The van der Waals surface area contributed by atoms with Crippen molar-refractivity contribution in [2.45, 2.75) is 13.0 Å². The summed E-state index contributed by atoms with van der Waals surface area (Å²) < 4.78 is 26.1. The van der Waals surface area contributed by atoms with Gasteiger partial charge in [-0.05, 0) is 23.7 Å². The highest BCUT2D eigenvalue weighted by Gasteiger charge is 2.13. The van der Waals surface area contributed by atoms with Crippen molar-refractivity contribution in [3.8, 4) is 10.7 Å². The molecular weight excluding hydrogens is 240 g/mol. The zero-order valence-corrected chi connectivity index (χ0v) is 9.12. The molecule has 0 aromatic carbocycles. The third-order valence-corrected chi connectivity index (χ3v) is 3.00. The Morgan fingerprint density at radius 2 is 2.40 bits per heavy atom. The Morgan fingerprint density at radius 3 is 3.00 bits per heavy atom. The zero-order valence-electron chi connectivity index (χ0n) is 7.48. The minimum absolute atomic E-state index is 0.221. The molecule has 0 amide bonds. The smallest absolute Gasteiger partial charge is 0.256 e. The van der Waals surface area contributed by atoms with E-state index in [1.54, 1.807) is 0 Å². The number of nitrogens with one attached hydrogen (secondary N) is 1. The van der Waals surface area contributed by atoms with Crippen LogP contribution in [0.5, 0.6) is 0 Å². The van der Waals surface area contributed by atoms with E-state index >= 15 is 0 Å². The Bertz CT molecular complexity index is 486. The first-order chi connectivity index (χ1) is 7.18. The lowest BCUT2D eigenvalue weighted by atomic mass is 10.4. The van der Waals surface area contributed by atoms with E-state index in [9.17, 15) is 8.78 Å². The highest BCUT2D eigenvalue weighted by Crippen LogP contribution is 2.23. The zero-order chi connectivity index (χ0) is 10.8. The fourth-order valence-electron chi connectivity index (χ4n) is 1.22. The monoisotopic (exact) mass is 247 g/mol.